The van der Waals surface area contributed by atoms with Crippen LogP contribution in [0.2, 0.25) is 0 Å². The standard InChI is InChI=1S/C14H21BrO3/c1-3-7-17-13-6-5-11(12(16)10-15)9-14(13)18-8-4-2/h5-6,9,12,16H,3-4,7-8,10H2,1-2H3. The molecule has 1 aromatic carbocycles. The van der Waals surface area contributed by atoms with Gasteiger partial charge in [0, 0.05) is 5.33 Å². The van der Waals surface area contributed by atoms with Crippen LogP contribution in [0.3, 0.4) is 0 Å². The normalized spacial score (nSPS) is 12.2. The van der Waals surface area contributed by atoms with Crippen LogP contribution in [0.1, 0.15) is 38.4 Å². The minimum Gasteiger partial charge on any atom is -0.490 e. The molecule has 1 aromatic rings. The fraction of sp³-hybridized carbons (Fsp3) is 0.571. The van der Waals surface area contributed by atoms with E-state index >= 15 is 0 Å². The Bertz CT molecular complexity index is 355. The number of hydrogen-bond acceptors (Lipinski definition) is 3. The Kier molecular flexibility index (Phi) is 7.13. The Morgan fingerprint density at radius 1 is 1.11 bits per heavy atom. The van der Waals surface area contributed by atoms with Gasteiger partial charge in [-0.15, -0.1) is 0 Å². The van der Waals surface area contributed by atoms with E-state index in [4.69, 9.17) is 9.47 Å². The van der Waals surface area contributed by atoms with Gasteiger partial charge in [0.05, 0.1) is 19.3 Å². The summed E-state index contributed by atoms with van der Waals surface area (Å²) in [4.78, 5) is 0. The highest BCUT2D eigenvalue weighted by atomic mass is 79.9. The molecular formula is C14H21BrO3. The van der Waals surface area contributed by atoms with Gasteiger partial charge in [-0.3, -0.25) is 0 Å². The minimum absolute atomic E-state index is 0.509. The maximum atomic E-state index is 9.80. The Labute approximate surface area is 117 Å². The summed E-state index contributed by atoms with van der Waals surface area (Å²) in [5.41, 5.74) is 0.835. The van der Waals surface area contributed by atoms with Gasteiger partial charge in [-0.1, -0.05) is 35.8 Å². The van der Waals surface area contributed by atoms with E-state index in [9.17, 15) is 5.11 Å². The molecule has 0 bridgehead atoms. The maximum absolute atomic E-state index is 9.80. The number of aliphatic hydroxyl groups excluding tert-OH is 1. The van der Waals surface area contributed by atoms with Crippen molar-refractivity contribution in [2.24, 2.45) is 0 Å². The largest absolute Gasteiger partial charge is 0.490 e. The summed E-state index contributed by atoms with van der Waals surface area (Å²) >= 11 is 3.27. The van der Waals surface area contributed by atoms with Gasteiger partial charge in [-0.25, -0.2) is 0 Å². The van der Waals surface area contributed by atoms with Crippen molar-refractivity contribution < 1.29 is 14.6 Å². The zero-order valence-corrected chi connectivity index (χ0v) is 12.6. The number of halogens is 1. The van der Waals surface area contributed by atoms with Crippen LogP contribution in [-0.4, -0.2) is 23.7 Å². The fourth-order valence-corrected chi connectivity index (χ4v) is 1.85. The molecule has 3 nitrogen and oxygen atoms in total. The molecule has 1 atom stereocenters. The van der Waals surface area contributed by atoms with Crippen molar-refractivity contribution in [3.63, 3.8) is 0 Å². The van der Waals surface area contributed by atoms with Gasteiger partial charge in [0.1, 0.15) is 0 Å². The van der Waals surface area contributed by atoms with Crippen LogP contribution in [-0.2, 0) is 0 Å². The first-order chi connectivity index (χ1) is 8.72. The van der Waals surface area contributed by atoms with Crippen LogP contribution in [0.25, 0.3) is 0 Å². The highest BCUT2D eigenvalue weighted by Gasteiger charge is 2.11. The van der Waals surface area contributed by atoms with E-state index in [2.05, 4.69) is 29.8 Å². The second-order valence-electron chi connectivity index (χ2n) is 4.07. The monoisotopic (exact) mass is 316 g/mol. The average molecular weight is 317 g/mol. The Balaban J connectivity index is 2.88. The van der Waals surface area contributed by atoms with E-state index in [-0.39, 0.29) is 0 Å². The lowest BCUT2D eigenvalue weighted by atomic mass is 10.1. The zero-order chi connectivity index (χ0) is 13.4. The van der Waals surface area contributed by atoms with Crippen molar-refractivity contribution in [2.75, 3.05) is 18.5 Å². The smallest absolute Gasteiger partial charge is 0.161 e. The predicted molar refractivity (Wildman–Crippen MR) is 76.8 cm³/mol. The Hall–Kier alpha value is -0.740. The van der Waals surface area contributed by atoms with Gasteiger partial charge >= 0.3 is 0 Å². The predicted octanol–water partition coefficient (Wildman–Crippen LogP) is 3.69. The number of ether oxygens (including phenoxy) is 2. The number of hydrogen-bond donors (Lipinski definition) is 1. The van der Waals surface area contributed by atoms with E-state index in [0.29, 0.717) is 24.3 Å². The highest BCUT2D eigenvalue weighted by molar-refractivity contribution is 9.09. The molecule has 0 aromatic heterocycles. The van der Waals surface area contributed by atoms with Crippen LogP contribution in [0.15, 0.2) is 18.2 Å². The SMILES string of the molecule is CCCOc1ccc(C(O)CBr)cc1OCCC. The van der Waals surface area contributed by atoms with Crippen LogP contribution in [0.5, 0.6) is 11.5 Å². The lowest BCUT2D eigenvalue weighted by Crippen LogP contribution is -2.04. The summed E-state index contributed by atoms with van der Waals surface area (Å²) in [5.74, 6) is 1.46. The minimum atomic E-state index is -0.519. The first kappa shape index (κ1) is 15.3. The van der Waals surface area contributed by atoms with E-state index in [0.717, 1.165) is 24.2 Å². The number of aliphatic hydroxyl groups is 1. The zero-order valence-electron chi connectivity index (χ0n) is 11.0. The lowest BCUT2D eigenvalue weighted by Gasteiger charge is -2.15. The molecule has 18 heavy (non-hydrogen) atoms. The number of rotatable bonds is 8. The van der Waals surface area contributed by atoms with E-state index in [1.165, 1.54) is 0 Å². The van der Waals surface area contributed by atoms with Crippen molar-refractivity contribution >= 4 is 15.9 Å². The van der Waals surface area contributed by atoms with Crippen LogP contribution >= 0.6 is 15.9 Å². The fourth-order valence-electron chi connectivity index (χ4n) is 1.48. The summed E-state index contributed by atoms with van der Waals surface area (Å²) < 4.78 is 11.3. The molecule has 0 saturated heterocycles. The molecular weight excluding hydrogens is 296 g/mol. The lowest BCUT2D eigenvalue weighted by molar-refractivity contribution is 0.204. The molecule has 0 fully saturated rings. The molecule has 102 valence electrons. The summed E-state index contributed by atoms with van der Waals surface area (Å²) in [6.07, 6.45) is 1.38. The van der Waals surface area contributed by atoms with Gasteiger partial charge in [0.25, 0.3) is 0 Å². The van der Waals surface area contributed by atoms with Gasteiger partial charge in [0.2, 0.25) is 0 Å². The molecule has 1 N–H and O–H groups in total. The quantitative estimate of drug-likeness (QED) is 0.743. The van der Waals surface area contributed by atoms with Crippen molar-refractivity contribution in [1.29, 1.82) is 0 Å². The average Bonchev–Trinajstić information content (AvgIpc) is 2.42. The van der Waals surface area contributed by atoms with Gasteiger partial charge in [-0.05, 0) is 30.5 Å². The van der Waals surface area contributed by atoms with Gasteiger partial charge < -0.3 is 14.6 Å². The molecule has 0 radical (unpaired) electrons. The molecule has 0 aliphatic carbocycles. The Morgan fingerprint density at radius 3 is 2.28 bits per heavy atom. The van der Waals surface area contributed by atoms with Crippen molar-refractivity contribution in [3.05, 3.63) is 23.8 Å². The van der Waals surface area contributed by atoms with Crippen LogP contribution < -0.4 is 9.47 Å². The van der Waals surface area contributed by atoms with Gasteiger partial charge in [0.15, 0.2) is 11.5 Å². The molecule has 1 rings (SSSR count). The molecule has 0 saturated carbocycles. The maximum Gasteiger partial charge on any atom is 0.161 e. The topological polar surface area (TPSA) is 38.7 Å². The van der Waals surface area contributed by atoms with E-state index in [1.54, 1.807) is 0 Å². The molecule has 1 unspecified atom stereocenters. The van der Waals surface area contributed by atoms with Crippen molar-refractivity contribution in [1.82, 2.24) is 0 Å². The summed E-state index contributed by atoms with van der Waals surface area (Å²) in [7, 11) is 0. The Morgan fingerprint density at radius 2 is 1.72 bits per heavy atom. The summed E-state index contributed by atoms with van der Waals surface area (Å²) in [6.45, 7) is 5.44. The second kappa shape index (κ2) is 8.38. The van der Waals surface area contributed by atoms with Crippen molar-refractivity contribution in [3.8, 4) is 11.5 Å². The molecule has 4 heteroatoms. The second-order valence-corrected chi connectivity index (χ2v) is 4.72. The van der Waals surface area contributed by atoms with E-state index < -0.39 is 6.10 Å². The first-order valence-electron chi connectivity index (χ1n) is 6.36. The highest BCUT2D eigenvalue weighted by Crippen LogP contribution is 2.31. The van der Waals surface area contributed by atoms with Crippen molar-refractivity contribution in [2.45, 2.75) is 32.8 Å². The molecule has 0 aliphatic heterocycles. The number of alkyl halides is 1. The molecule has 0 heterocycles. The molecule has 0 spiro atoms. The number of benzene rings is 1. The third-order valence-electron chi connectivity index (χ3n) is 2.42. The third kappa shape index (κ3) is 4.50. The summed E-state index contributed by atoms with van der Waals surface area (Å²) in [5, 5.41) is 10.3. The van der Waals surface area contributed by atoms with E-state index in [1.807, 2.05) is 18.2 Å². The summed E-state index contributed by atoms with van der Waals surface area (Å²) in [6, 6.07) is 5.59. The first-order valence-corrected chi connectivity index (χ1v) is 7.48. The third-order valence-corrected chi connectivity index (χ3v) is 3.04. The molecule has 0 aliphatic rings. The molecule has 0 amide bonds. The van der Waals surface area contributed by atoms with Crippen LogP contribution in [0.4, 0.5) is 0 Å². The van der Waals surface area contributed by atoms with Gasteiger partial charge in [-0.2, -0.15) is 0 Å². The van der Waals surface area contributed by atoms with Crippen LogP contribution in [0, 0.1) is 0 Å².